The van der Waals surface area contributed by atoms with Gasteiger partial charge in [-0.15, -0.1) is 0 Å². The van der Waals surface area contributed by atoms with Crippen LogP contribution < -0.4 is 10.6 Å². The highest BCUT2D eigenvalue weighted by Crippen LogP contribution is 2.00. The number of nitrogens with zero attached hydrogens (tertiary/aromatic N) is 1. The highest BCUT2D eigenvalue weighted by Gasteiger charge is 2.22. The Morgan fingerprint density at radius 1 is 1.53 bits per heavy atom. The lowest BCUT2D eigenvalue weighted by Gasteiger charge is -2.16. The average Bonchev–Trinajstić information content (AvgIpc) is 2.90. The summed E-state index contributed by atoms with van der Waals surface area (Å²) in [6, 6.07) is -1.10. The lowest BCUT2D eigenvalue weighted by molar-refractivity contribution is -0.142. The molecule has 0 unspecified atom stereocenters. The van der Waals surface area contributed by atoms with Gasteiger partial charge in [0.2, 0.25) is 0 Å². The minimum Gasteiger partial charge on any atom is -0.467 e. The SMILES string of the molecule is CCCCNC(=O)N[C@@H](Cc1cnc[nH]1)C(=O)OC. The van der Waals surface area contributed by atoms with E-state index in [1.165, 1.54) is 13.4 Å². The molecular weight excluding hydrogens is 248 g/mol. The monoisotopic (exact) mass is 268 g/mol. The molecule has 0 saturated carbocycles. The first-order valence-corrected chi connectivity index (χ1v) is 6.26. The smallest absolute Gasteiger partial charge is 0.328 e. The number of aromatic nitrogens is 2. The molecule has 1 aromatic rings. The van der Waals surface area contributed by atoms with E-state index in [0.29, 0.717) is 13.0 Å². The van der Waals surface area contributed by atoms with Crippen LogP contribution in [0.2, 0.25) is 0 Å². The van der Waals surface area contributed by atoms with Crippen LogP contribution in [0.15, 0.2) is 12.5 Å². The molecule has 0 fully saturated rings. The third-order valence-electron chi connectivity index (χ3n) is 2.59. The van der Waals surface area contributed by atoms with Crippen molar-refractivity contribution in [3.63, 3.8) is 0 Å². The number of esters is 1. The second kappa shape index (κ2) is 8.12. The summed E-state index contributed by atoms with van der Waals surface area (Å²) >= 11 is 0. The van der Waals surface area contributed by atoms with Gasteiger partial charge in [-0.3, -0.25) is 0 Å². The van der Waals surface area contributed by atoms with Crippen molar-refractivity contribution >= 4 is 12.0 Å². The average molecular weight is 268 g/mol. The molecule has 1 heterocycles. The Hall–Kier alpha value is -2.05. The number of H-pyrrole nitrogens is 1. The standard InChI is InChI=1S/C12H20N4O3/c1-3-4-5-14-12(18)16-10(11(17)19-2)6-9-7-13-8-15-9/h7-8,10H,3-6H2,1-2H3,(H,13,15)(H2,14,16,18)/t10-/m0/s1. The minimum atomic E-state index is -0.730. The van der Waals surface area contributed by atoms with Crippen molar-refractivity contribution < 1.29 is 14.3 Å². The number of nitrogens with one attached hydrogen (secondary N) is 3. The van der Waals surface area contributed by atoms with E-state index in [1.807, 2.05) is 6.92 Å². The Kier molecular flexibility index (Phi) is 6.42. The largest absolute Gasteiger partial charge is 0.467 e. The van der Waals surface area contributed by atoms with Crippen molar-refractivity contribution in [1.29, 1.82) is 0 Å². The zero-order valence-electron chi connectivity index (χ0n) is 11.2. The molecule has 0 bridgehead atoms. The fraction of sp³-hybridized carbons (Fsp3) is 0.583. The van der Waals surface area contributed by atoms with Crippen LogP contribution in [0.4, 0.5) is 4.79 Å². The van der Waals surface area contributed by atoms with Crippen molar-refractivity contribution in [3.8, 4) is 0 Å². The Morgan fingerprint density at radius 3 is 2.89 bits per heavy atom. The number of amides is 2. The lowest BCUT2D eigenvalue weighted by Crippen LogP contribution is -2.47. The van der Waals surface area contributed by atoms with E-state index in [0.717, 1.165) is 18.5 Å². The van der Waals surface area contributed by atoms with Gasteiger partial charge in [-0.1, -0.05) is 13.3 Å². The van der Waals surface area contributed by atoms with Crippen molar-refractivity contribution in [1.82, 2.24) is 20.6 Å². The number of hydrogen-bond acceptors (Lipinski definition) is 4. The first-order chi connectivity index (χ1) is 9.17. The van der Waals surface area contributed by atoms with Crippen molar-refractivity contribution in [3.05, 3.63) is 18.2 Å². The summed E-state index contributed by atoms with van der Waals surface area (Å²) in [6.07, 6.45) is 5.33. The number of urea groups is 1. The van der Waals surface area contributed by atoms with Gasteiger partial charge in [0, 0.05) is 24.9 Å². The molecule has 3 N–H and O–H groups in total. The first-order valence-electron chi connectivity index (χ1n) is 6.26. The molecule has 0 aromatic carbocycles. The van der Waals surface area contributed by atoms with Crippen LogP contribution in [0, 0.1) is 0 Å². The van der Waals surface area contributed by atoms with Crippen LogP contribution in [-0.2, 0) is 16.0 Å². The molecule has 0 aliphatic carbocycles. The number of aromatic amines is 1. The van der Waals surface area contributed by atoms with Gasteiger partial charge in [0.05, 0.1) is 13.4 Å². The Morgan fingerprint density at radius 2 is 2.32 bits per heavy atom. The van der Waals surface area contributed by atoms with Crippen LogP contribution in [0.5, 0.6) is 0 Å². The predicted molar refractivity (Wildman–Crippen MR) is 69.5 cm³/mol. The number of rotatable bonds is 7. The van der Waals surface area contributed by atoms with Gasteiger partial charge in [-0.05, 0) is 6.42 Å². The summed E-state index contributed by atoms with van der Waals surface area (Å²) in [5, 5.41) is 5.28. The van der Waals surface area contributed by atoms with Crippen molar-refractivity contribution in [2.75, 3.05) is 13.7 Å². The third kappa shape index (κ3) is 5.41. The molecule has 106 valence electrons. The lowest BCUT2D eigenvalue weighted by atomic mass is 10.1. The van der Waals surface area contributed by atoms with E-state index >= 15 is 0 Å². The van der Waals surface area contributed by atoms with Gasteiger partial charge < -0.3 is 20.4 Å². The summed E-state index contributed by atoms with van der Waals surface area (Å²) < 4.78 is 4.67. The molecule has 1 rings (SSSR count). The molecule has 0 spiro atoms. The second-order valence-electron chi connectivity index (χ2n) is 4.11. The number of ether oxygens (including phenoxy) is 1. The summed E-state index contributed by atoms with van der Waals surface area (Å²) in [5.41, 5.74) is 0.754. The zero-order chi connectivity index (χ0) is 14.1. The quantitative estimate of drug-likeness (QED) is 0.498. The number of hydrogen-bond donors (Lipinski definition) is 3. The number of methoxy groups -OCH3 is 1. The van der Waals surface area contributed by atoms with Gasteiger partial charge in [0.15, 0.2) is 0 Å². The van der Waals surface area contributed by atoms with Gasteiger partial charge in [0.1, 0.15) is 6.04 Å². The van der Waals surface area contributed by atoms with Crippen molar-refractivity contribution in [2.24, 2.45) is 0 Å². The van der Waals surface area contributed by atoms with Crippen molar-refractivity contribution in [2.45, 2.75) is 32.2 Å². The molecule has 0 aliphatic heterocycles. The fourth-order valence-corrected chi connectivity index (χ4v) is 1.54. The van der Waals surface area contributed by atoms with Gasteiger partial charge in [-0.2, -0.15) is 0 Å². The number of unbranched alkanes of at least 4 members (excludes halogenated alkanes) is 1. The predicted octanol–water partition coefficient (Wildman–Crippen LogP) is 0.593. The Bertz CT molecular complexity index is 392. The third-order valence-corrected chi connectivity index (χ3v) is 2.59. The van der Waals surface area contributed by atoms with E-state index in [4.69, 9.17) is 0 Å². The minimum absolute atomic E-state index is 0.313. The van der Waals surface area contributed by atoms with E-state index in [2.05, 4.69) is 25.3 Å². The van der Waals surface area contributed by atoms with Crippen LogP contribution in [0.3, 0.4) is 0 Å². The number of carbonyl (C=O) groups excluding carboxylic acids is 2. The topological polar surface area (TPSA) is 96.1 Å². The zero-order valence-corrected chi connectivity index (χ0v) is 11.2. The Labute approximate surface area is 112 Å². The molecule has 2 amide bonds. The van der Waals surface area contributed by atoms with E-state index < -0.39 is 12.0 Å². The summed E-state index contributed by atoms with van der Waals surface area (Å²) in [5.74, 6) is -0.486. The van der Waals surface area contributed by atoms with Gasteiger partial charge >= 0.3 is 12.0 Å². The van der Waals surface area contributed by atoms with Gasteiger partial charge in [-0.25, -0.2) is 14.6 Å². The van der Waals surface area contributed by atoms with E-state index in [9.17, 15) is 9.59 Å². The summed E-state index contributed by atoms with van der Waals surface area (Å²) in [4.78, 5) is 30.0. The molecule has 0 aliphatic rings. The first kappa shape index (κ1) is 15.0. The summed E-state index contributed by atoms with van der Waals surface area (Å²) in [7, 11) is 1.29. The fourth-order valence-electron chi connectivity index (χ4n) is 1.54. The molecule has 7 nitrogen and oxygen atoms in total. The number of imidazole rings is 1. The second-order valence-corrected chi connectivity index (χ2v) is 4.11. The molecular formula is C12H20N4O3. The maximum atomic E-state index is 11.6. The summed E-state index contributed by atoms with van der Waals surface area (Å²) in [6.45, 7) is 2.62. The van der Waals surface area contributed by atoms with Crippen LogP contribution in [0.1, 0.15) is 25.5 Å². The molecule has 0 saturated heterocycles. The molecule has 0 radical (unpaired) electrons. The van der Waals surface area contributed by atoms with E-state index in [1.54, 1.807) is 6.20 Å². The highest BCUT2D eigenvalue weighted by molar-refractivity contribution is 5.83. The maximum absolute atomic E-state index is 11.6. The normalized spacial score (nSPS) is 11.7. The van der Waals surface area contributed by atoms with Crippen LogP contribution in [-0.4, -0.2) is 41.7 Å². The molecule has 7 heteroatoms. The van der Waals surface area contributed by atoms with Crippen LogP contribution in [0.25, 0.3) is 0 Å². The molecule has 1 atom stereocenters. The number of carbonyl (C=O) groups is 2. The van der Waals surface area contributed by atoms with E-state index in [-0.39, 0.29) is 6.03 Å². The highest BCUT2D eigenvalue weighted by atomic mass is 16.5. The van der Waals surface area contributed by atoms with Crippen LogP contribution >= 0.6 is 0 Å². The molecule has 1 aromatic heterocycles. The maximum Gasteiger partial charge on any atom is 0.328 e. The van der Waals surface area contributed by atoms with Gasteiger partial charge in [0.25, 0.3) is 0 Å². The molecule has 19 heavy (non-hydrogen) atoms. The Balaban J connectivity index is 2.50.